The monoisotopic (exact) mass is 274 g/mol. The van der Waals surface area contributed by atoms with Gasteiger partial charge in [0.05, 0.1) is 5.75 Å². The van der Waals surface area contributed by atoms with Crippen LogP contribution in [0.4, 0.5) is 11.6 Å². The molecule has 0 atom stereocenters. The number of sulfone groups is 1. The lowest BCUT2D eigenvalue weighted by atomic mass is 10.5. The minimum absolute atomic E-state index is 0.0625. The average molecular weight is 274 g/mol. The molecule has 0 radical (unpaired) electrons. The fraction of sp³-hybridized carbons (Fsp3) is 0.600. The number of anilines is 2. The fourth-order valence-electron chi connectivity index (χ4n) is 1.28. The molecule has 0 aliphatic rings. The minimum Gasteiger partial charge on any atom is -0.384 e. The molecule has 0 aliphatic heterocycles. The Hall–Kier alpha value is -1.41. The number of nitrogens with one attached hydrogen (secondary N) is 1. The molecule has 0 unspecified atom stereocenters. The Kier molecular flexibility index (Phi) is 5.29. The number of nitrogens with two attached hydrogens (primary N) is 1. The first kappa shape index (κ1) is 14.7. The van der Waals surface area contributed by atoms with Gasteiger partial charge in [-0.15, -0.1) is 0 Å². The van der Waals surface area contributed by atoms with Crippen molar-refractivity contribution in [1.82, 2.24) is 9.97 Å². The fourth-order valence-corrected chi connectivity index (χ4v) is 1.98. The first-order valence-electron chi connectivity index (χ1n) is 5.53. The largest absolute Gasteiger partial charge is 0.384 e. The van der Waals surface area contributed by atoms with E-state index < -0.39 is 9.84 Å². The van der Waals surface area contributed by atoms with Crippen molar-refractivity contribution in [2.75, 3.05) is 36.2 Å². The number of methoxy groups -OCH3 is 1. The van der Waals surface area contributed by atoms with Gasteiger partial charge in [-0.05, 0) is 0 Å². The Morgan fingerprint density at radius 1 is 1.44 bits per heavy atom. The van der Waals surface area contributed by atoms with E-state index in [0.717, 1.165) is 0 Å². The highest BCUT2D eigenvalue weighted by Crippen LogP contribution is 2.08. The predicted molar refractivity (Wildman–Crippen MR) is 70.0 cm³/mol. The first-order valence-corrected chi connectivity index (χ1v) is 7.35. The molecule has 1 rings (SSSR count). The van der Waals surface area contributed by atoms with Crippen molar-refractivity contribution in [3.05, 3.63) is 11.9 Å². The molecule has 102 valence electrons. The summed E-state index contributed by atoms with van der Waals surface area (Å²) in [6.07, 6.45) is 0. The van der Waals surface area contributed by atoms with Crippen LogP contribution in [0.15, 0.2) is 6.07 Å². The summed E-state index contributed by atoms with van der Waals surface area (Å²) in [6.45, 7) is 2.17. The Morgan fingerprint density at radius 3 is 2.78 bits per heavy atom. The van der Waals surface area contributed by atoms with E-state index in [0.29, 0.717) is 24.0 Å². The molecule has 1 heterocycles. The standard InChI is InChI=1S/C10H18N4O3S/c1-3-18(15,16)5-4-12-9-6-8(11)13-10(14-9)7-17-2/h6H,3-5,7H2,1-2H3,(H3,11,12,13,14). The normalized spacial score (nSPS) is 11.4. The number of hydrogen-bond donors (Lipinski definition) is 2. The van der Waals surface area contributed by atoms with Crippen LogP contribution in [0, 0.1) is 0 Å². The molecule has 0 fully saturated rings. The van der Waals surface area contributed by atoms with Crippen LogP contribution in [-0.4, -0.2) is 43.5 Å². The summed E-state index contributed by atoms with van der Waals surface area (Å²) < 4.78 is 27.5. The average Bonchev–Trinajstić information content (AvgIpc) is 2.28. The predicted octanol–water partition coefficient (Wildman–Crippen LogP) is 0.0518. The van der Waals surface area contributed by atoms with Gasteiger partial charge in [0.2, 0.25) is 0 Å². The molecule has 0 aliphatic carbocycles. The third-order valence-corrected chi connectivity index (χ3v) is 3.93. The second-order valence-corrected chi connectivity index (χ2v) is 6.16. The number of nitrogens with zero attached hydrogens (tertiary/aromatic N) is 2. The molecular formula is C10H18N4O3S. The molecule has 1 aromatic rings. The quantitative estimate of drug-likeness (QED) is 0.723. The molecule has 18 heavy (non-hydrogen) atoms. The van der Waals surface area contributed by atoms with Gasteiger partial charge in [-0.25, -0.2) is 18.4 Å². The van der Waals surface area contributed by atoms with Crippen LogP contribution in [0.3, 0.4) is 0 Å². The summed E-state index contributed by atoms with van der Waals surface area (Å²) in [6, 6.07) is 1.55. The van der Waals surface area contributed by atoms with Crippen molar-refractivity contribution in [1.29, 1.82) is 0 Å². The lowest BCUT2D eigenvalue weighted by Crippen LogP contribution is -2.18. The van der Waals surface area contributed by atoms with Gasteiger partial charge in [-0.1, -0.05) is 6.92 Å². The second kappa shape index (κ2) is 6.50. The van der Waals surface area contributed by atoms with Crippen molar-refractivity contribution in [3.63, 3.8) is 0 Å². The number of nitrogen functional groups attached to an aromatic ring is 1. The Morgan fingerprint density at radius 2 is 2.17 bits per heavy atom. The van der Waals surface area contributed by atoms with Gasteiger partial charge in [0.1, 0.15) is 18.2 Å². The Labute approximate surface area is 107 Å². The number of aromatic nitrogens is 2. The highest BCUT2D eigenvalue weighted by molar-refractivity contribution is 7.91. The van der Waals surface area contributed by atoms with E-state index in [9.17, 15) is 8.42 Å². The van der Waals surface area contributed by atoms with Crippen LogP contribution in [0.1, 0.15) is 12.7 Å². The zero-order valence-corrected chi connectivity index (χ0v) is 11.3. The summed E-state index contributed by atoms with van der Waals surface area (Å²) in [5.74, 6) is 1.47. The molecule has 7 nitrogen and oxygen atoms in total. The third-order valence-electron chi connectivity index (χ3n) is 2.22. The van der Waals surface area contributed by atoms with Crippen LogP contribution in [-0.2, 0) is 21.2 Å². The summed E-state index contributed by atoms with van der Waals surface area (Å²) in [5, 5.41) is 2.91. The van der Waals surface area contributed by atoms with E-state index in [1.807, 2.05) is 0 Å². The Balaban J connectivity index is 2.62. The molecule has 0 amide bonds. The molecule has 0 aromatic carbocycles. The van der Waals surface area contributed by atoms with E-state index in [-0.39, 0.29) is 18.1 Å². The van der Waals surface area contributed by atoms with Gasteiger partial charge in [0.25, 0.3) is 0 Å². The van der Waals surface area contributed by atoms with Gasteiger partial charge in [0, 0.05) is 25.5 Å². The summed E-state index contributed by atoms with van der Waals surface area (Å²) in [7, 11) is -1.45. The van der Waals surface area contributed by atoms with E-state index >= 15 is 0 Å². The lowest BCUT2D eigenvalue weighted by Gasteiger charge is -2.08. The molecule has 0 saturated heterocycles. The Bertz CT molecular complexity index is 490. The van der Waals surface area contributed by atoms with Crippen molar-refractivity contribution < 1.29 is 13.2 Å². The van der Waals surface area contributed by atoms with E-state index in [1.165, 1.54) is 7.11 Å². The summed E-state index contributed by atoms with van der Waals surface area (Å²) in [5.41, 5.74) is 5.61. The minimum atomic E-state index is -2.98. The lowest BCUT2D eigenvalue weighted by molar-refractivity contribution is 0.178. The van der Waals surface area contributed by atoms with Gasteiger partial charge >= 0.3 is 0 Å². The third kappa shape index (κ3) is 4.84. The second-order valence-electron chi connectivity index (χ2n) is 3.69. The van der Waals surface area contributed by atoms with Crippen LogP contribution >= 0.6 is 0 Å². The van der Waals surface area contributed by atoms with Crippen molar-refractivity contribution >= 4 is 21.5 Å². The van der Waals surface area contributed by atoms with Gasteiger partial charge < -0.3 is 15.8 Å². The zero-order valence-electron chi connectivity index (χ0n) is 10.5. The molecular weight excluding hydrogens is 256 g/mol. The van der Waals surface area contributed by atoms with Crippen LogP contribution in [0.5, 0.6) is 0 Å². The van der Waals surface area contributed by atoms with Gasteiger partial charge in [-0.2, -0.15) is 0 Å². The molecule has 0 spiro atoms. The summed E-state index contributed by atoms with van der Waals surface area (Å²) >= 11 is 0. The molecule has 8 heteroatoms. The molecule has 0 bridgehead atoms. The van der Waals surface area contributed by atoms with Gasteiger partial charge in [0.15, 0.2) is 15.7 Å². The van der Waals surface area contributed by atoms with E-state index in [2.05, 4.69) is 15.3 Å². The maximum Gasteiger partial charge on any atom is 0.158 e. The van der Waals surface area contributed by atoms with E-state index in [4.69, 9.17) is 10.5 Å². The van der Waals surface area contributed by atoms with Crippen molar-refractivity contribution in [2.24, 2.45) is 0 Å². The van der Waals surface area contributed by atoms with Gasteiger partial charge in [-0.3, -0.25) is 0 Å². The van der Waals surface area contributed by atoms with Crippen LogP contribution in [0.25, 0.3) is 0 Å². The van der Waals surface area contributed by atoms with Crippen LogP contribution in [0.2, 0.25) is 0 Å². The van der Waals surface area contributed by atoms with Crippen LogP contribution < -0.4 is 11.1 Å². The molecule has 3 N–H and O–H groups in total. The maximum absolute atomic E-state index is 11.3. The summed E-state index contributed by atoms with van der Waals surface area (Å²) in [4.78, 5) is 8.13. The zero-order chi connectivity index (χ0) is 13.6. The maximum atomic E-state index is 11.3. The highest BCUT2D eigenvalue weighted by atomic mass is 32.2. The SMILES string of the molecule is CCS(=O)(=O)CCNc1cc(N)nc(COC)n1. The molecule has 1 aromatic heterocycles. The molecule has 0 saturated carbocycles. The van der Waals surface area contributed by atoms with Crippen molar-refractivity contribution in [2.45, 2.75) is 13.5 Å². The highest BCUT2D eigenvalue weighted by Gasteiger charge is 2.07. The number of rotatable bonds is 7. The smallest absolute Gasteiger partial charge is 0.158 e. The van der Waals surface area contributed by atoms with E-state index in [1.54, 1.807) is 13.0 Å². The number of hydrogen-bond acceptors (Lipinski definition) is 7. The number of ether oxygens (including phenoxy) is 1. The first-order chi connectivity index (χ1) is 8.46. The van der Waals surface area contributed by atoms with Crippen molar-refractivity contribution in [3.8, 4) is 0 Å². The topological polar surface area (TPSA) is 107 Å².